The van der Waals surface area contributed by atoms with Crippen molar-refractivity contribution in [3.63, 3.8) is 0 Å². The Hall–Kier alpha value is -3.18. The number of pyridine rings is 2. The van der Waals surface area contributed by atoms with Gasteiger partial charge in [0.1, 0.15) is 5.82 Å². The quantitative estimate of drug-likeness (QED) is 0.743. The predicted octanol–water partition coefficient (Wildman–Crippen LogP) is 4.18. The van der Waals surface area contributed by atoms with Crippen LogP contribution in [0.1, 0.15) is 18.4 Å². The summed E-state index contributed by atoms with van der Waals surface area (Å²) in [6.45, 7) is 0.378. The van der Waals surface area contributed by atoms with Gasteiger partial charge in [-0.05, 0) is 31.1 Å². The normalized spacial score (nSPS) is 13.6. The second-order valence-electron chi connectivity index (χ2n) is 6.46. The number of rotatable bonds is 5. The van der Waals surface area contributed by atoms with E-state index < -0.39 is 0 Å². The Morgan fingerprint density at radius 1 is 1.19 bits per heavy atom. The van der Waals surface area contributed by atoms with Crippen molar-refractivity contribution in [1.82, 2.24) is 9.55 Å². The van der Waals surface area contributed by atoms with Crippen LogP contribution in [0.5, 0.6) is 0 Å². The summed E-state index contributed by atoms with van der Waals surface area (Å²) in [7, 11) is 1.64. The first-order valence-electron chi connectivity index (χ1n) is 8.98. The predicted molar refractivity (Wildman–Crippen MR) is 108 cm³/mol. The van der Waals surface area contributed by atoms with Gasteiger partial charge in [-0.15, -0.1) is 0 Å². The summed E-state index contributed by atoms with van der Waals surface area (Å²) in [4.78, 5) is 17.0. The number of para-hydroxylation sites is 1. The molecule has 1 aromatic carbocycles. The molecule has 3 aromatic rings. The number of nitrogens with one attached hydrogen (secondary N) is 1. The van der Waals surface area contributed by atoms with E-state index in [9.17, 15) is 4.79 Å². The van der Waals surface area contributed by atoms with Gasteiger partial charge >= 0.3 is 0 Å². The van der Waals surface area contributed by atoms with Gasteiger partial charge in [0.15, 0.2) is 5.43 Å². The zero-order valence-corrected chi connectivity index (χ0v) is 15.2. The minimum atomic E-state index is -0.0643. The number of fused-ring (bicyclic) bond motifs is 1. The maximum Gasteiger partial charge on any atom is 0.193 e. The lowest BCUT2D eigenvalue weighted by Gasteiger charge is -2.21. The van der Waals surface area contributed by atoms with Crippen molar-refractivity contribution in [3.05, 3.63) is 88.5 Å². The number of benzene rings is 1. The molecule has 0 aliphatic heterocycles. The van der Waals surface area contributed by atoms with Crippen LogP contribution in [0.15, 0.2) is 77.5 Å². The van der Waals surface area contributed by atoms with E-state index in [4.69, 9.17) is 4.74 Å². The molecule has 4 rings (SSSR count). The second-order valence-corrected chi connectivity index (χ2v) is 6.46. The first kappa shape index (κ1) is 17.2. The Morgan fingerprint density at radius 3 is 2.78 bits per heavy atom. The lowest BCUT2D eigenvalue weighted by molar-refractivity contribution is 0.185. The monoisotopic (exact) mass is 359 g/mol. The fourth-order valence-electron chi connectivity index (χ4n) is 3.38. The lowest BCUT2D eigenvalue weighted by Crippen LogP contribution is -2.16. The highest BCUT2D eigenvalue weighted by molar-refractivity contribution is 5.85. The molecule has 0 unspecified atom stereocenters. The molecule has 0 amide bonds. The summed E-state index contributed by atoms with van der Waals surface area (Å²) in [5.74, 6) is 0.722. The highest BCUT2D eigenvalue weighted by Gasteiger charge is 2.15. The van der Waals surface area contributed by atoms with E-state index in [1.165, 1.54) is 0 Å². The van der Waals surface area contributed by atoms with E-state index >= 15 is 0 Å². The van der Waals surface area contributed by atoms with Crippen molar-refractivity contribution in [1.29, 1.82) is 0 Å². The Morgan fingerprint density at radius 2 is 2.04 bits per heavy atom. The van der Waals surface area contributed by atoms with Gasteiger partial charge in [0.25, 0.3) is 0 Å². The Kier molecular flexibility index (Phi) is 4.85. The number of methoxy groups -OCH3 is 1. The summed E-state index contributed by atoms with van der Waals surface area (Å²) >= 11 is 0. The first-order valence-corrected chi connectivity index (χ1v) is 8.98. The minimum absolute atomic E-state index is 0.0643. The Balaban J connectivity index is 2.01. The van der Waals surface area contributed by atoms with Crippen molar-refractivity contribution >= 4 is 16.7 Å². The summed E-state index contributed by atoms with van der Waals surface area (Å²) in [5.41, 5.74) is 3.58. The molecule has 0 radical (unpaired) electrons. The van der Waals surface area contributed by atoms with Crippen molar-refractivity contribution in [3.8, 4) is 5.69 Å². The molecular weight excluding hydrogens is 338 g/mol. The minimum Gasteiger partial charge on any atom is -0.380 e. The maximum absolute atomic E-state index is 12.8. The summed E-state index contributed by atoms with van der Waals surface area (Å²) in [6.07, 6.45) is 11.7. The van der Waals surface area contributed by atoms with Crippen LogP contribution in [0.2, 0.25) is 0 Å². The zero-order chi connectivity index (χ0) is 18.6. The lowest BCUT2D eigenvalue weighted by atomic mass is 10.1. The molecule has 0 saturated carbocycles. The van der Waals surface area contributed by atoms with E-state index in [1.807, 2.05) is 30.3 Å². The van der Waals surface area contributed by atoms with Crippen molar-refractivity contribution in [2.45, 2.75) is 19.4 Å². The molecule has 5 heteroatoms. The summed E-state index contributed by atoms with van der Waals surface area (Å²) < 4.78 is 7.42. The Labute approximate surface area is 157 Å². The van der Waals surface area contributed by atoms with Crippen LogP contribution < -0.4 is 10.7 Å². The van der Waals surface area contributed by atoms with E-state index in [0.717, 1.165) is 41.1 Å². The molecule has 5 nitrogen and oxygen atoms in total. The van der Waals surface area contributed by atoms with Gasteiger partial charge in [-0.2, -0.15) is 0 Å². The van der Waals surface area contributed by atoms with Crippen molar-refractivity contribution < 1.29 is 4.74 Å². The average molecular weight is 359 g/mol. The van der Waals surface area contributed by atoms with Gasteiger partial charge in [-0.25, -0.2) is 0 Å². The fourth-order valence-corrected chi connectivity index (χ4v) is 3.38. The molecule has 0 saturated heterocycles. The third kappa shape index (κ3) is 3.41. The number of hydrogen-bond acceptors (Lipinski definition) is 4. The third-order valence-corrected chi connectivity index (χ3v) is 4.57. The van der Waals surface area contributed by atoms with Gasteiger partial charge in [0.2, 0.25) is 0 Å². The third-order valence-electron chi connectivity index (χ3n) is 4.57. The smallest absolute Gasteiger partial charge is 0.193 e. The van der Waals surface area contributed by atoms with Crippen LogP contribution >= 0.6 is 0 Å². The highest BCUT2D eigenvalue weighted by Crippen LogP contribution is 2.26. The largest absolute Gasteiger partial charge is 0.380 e. The number of aromatic nitrogens is 2. The molecule has 0 fully saturated rings. The molecule has 0 bridgehead atoms. The van der Waals surface area contributed by atoms with Gasteiger partial charge in [0, 0.05) is 42.5 Å². The molecular formula is C22H21N3O2. The van der Waals surface area contributed by atoms with Gasteiger partial charge in [0.05, 0.1) is 17.5 Å². The standard InChI is InChI=1S/C22H21N3O2/c1-27-15-16-13-23-14-19-20(26)12-21(24-17-8-4-2-5-9-17)25(22(16)19)18-10-6-3-7-11-18/h3-4,6-14,24H,2,5,15H2,1H3. The van der Waals surface area contributed by atoms with Crippen molar-refractivity contribution in [2.75, 3.05) is 12.4 Å². The number of hydrogen-bond donors (Lipinski definition) is 1. The van der Waals surface area contributed by atoms with Crippen LogP contribution in [-0.2, 0) is 11.3 Å². The number of ether oxygens (including phenoxy) is 1. The molecule has 1 aliphatic carbocycles. The zero-order valence-electron chi connectivity index (χ0n) is 15.2. The molecule has 1 aliphatic rings. The van der Waals surface area contributed by atoms with Crippen LogP contribution in [0, 0.1) is 0 Å². The molecule has 27 heavy (non-hydrogen) atoms. The fraction of sp³-hybridized carbons (Fsp3) is 0.182. The molecule has 0 atom stereocenters. The van der Waals surface area contributed by atoms with Crippen LogP contribution in [0.3, 0.4) is 0 Å². The van der Waals surface area contributed by atoms with E-state index in [0.29, 0.717) is 12.0 Å². The number of nitrogens with zero attached hydrogens (tertiary/aromatic N) is 2. The second kappa shape index (κ2) is 7.60. The topological polar surface area (TPSA) is 56.1 Å². The van der Waals surface area contributed by atoms with E-state index in [1.54, 1.807) is 25.6 Å². The first-order chi connectivity index (χ1) is 13.3. The Bertz CT molecular complexity index is 1080. The van der Waals surface area contributed by atoms with Gasteiger partial charge in [-0.3, -0.25) is 14.3 Å². The average Bonchev–Trinajstić information content (AvgIpc) is 2.70. The summed E-state index contributed by atoms with van der Waals surface area (Å²) in [6, 6.07) is 11.6. The maximum atomic E-state index is 12.8. The summed E-state index contributed by atoms with van der Waals surface area (Å²) in [5, 5.41) is 4.00. The molecule has 0 spiro atoms. The molecule has 1 N–H and O–H groups in total. The van der Waals surface area contributed by atoms with Gasteiger partial charge < -0.3 is 10.1 Å². The number of allylic oxidation sites excluding steroid dienone is 3. The van der Waals surface area contributed by atoms with Crippen LogP contribution in [-0.4, -0.2) is 16.7 Å². The molecule has 2 aromatic heterocycles. The van der Waals surface area contributed by atoms with E-state index in [2.05, 4.69) is 33.1 Å². The van der Waals surface area contributed by atoms with Crippen LogP contribution in [0.25, 0.3) is 16.6 Å². The van der Waals surface area contributed by atoms with E-state index in [-0.39, 0.29) is 5.43 Å². The van der Waals surface area contributed by atoms with Gasteiger partial charge in [-0.1, -0.05) is 30.4 Å². The van der Waals surface area contributed by atoms with Crippen LogP contribution in [0.4, 0.5) is 5.82 Å². The SMILES string of the molecule is COCc1cncc2c(=O)cc(NC3=CCCC=C3)n(-c3ccccc3)c12. The molecule has 2 heterocycles. The van der Waals surface area contributed by atoms with Crippen molar-refractivity contribution in [2.24, 2.45) is 0 Å². The number of anilines is 1. The molecule has 136 valence electrons. The highest BCUT2D eigenvalue weighted by atomic mass is 16.5.